The van der Waals surface area contributed by atoms with Crippen LogP contribution in [0.1, 0.15) is 0 Å². The number of nitrogens with two attached hydrogens (primary N) is 1. The molecule has 0 aromatic carbocycles. The van der Waals surface area contributed by atoms with Gasteiger partial charge in [-0.2, -0.15) is 0 Å². The minimum absolute atomic E-state index is 0.0496. The first-order valence-electron chi connectivity index (χ1n) is 5.42. The van der Waals surface area contributed by atoms with Crippen LogP contribution in [-0.2, 0) is 19.6 Å². The zero-order chi connectivity index (χ0) is 14.3. The lowest BCUT2D eigenvalue weighted by Crippen LogP contribution is -2.38. The van der Waals surface area contributed by atoms with Crippen molar-refractivity contribution >= 4 is 21.7 Å². The van der Waals surface area contributed by atoms with Crippen molar-refractivity contribution in [1.29, 1.82) is 0 Å². The number of carbonyl (C=O) groups excluding carboxylic acids is 1. The van der Waals surface area contributed by atoms with Crippen LogP contribution >= 0.6 is 0 Å². The molecule has 0 aliphatic rings. The predicted octanol–water partition coefficient (Wildman–Crippen LogP) is -1.30. The van der Waals surface area contributed by atoms with Crippen molar-refractivity contribution in [3.63, 3.8) is 0 Å². The lowest BCUT2D eigenvalue weighted by molar-refractivity contribution is -0.120. The van der Waals surface area contributed by atoms with E-state index in [1.807, 2.05) is 0 Å². The summed E-state index contributed by atoms with van der Waals surface area (Å²) < 4.78 is 30.5. The van der Waals surface area contributed by atoms with Crippen molar-refractivity contribution in [3.05, 3.63) is 18.3 Å². The molecular weight excluding hydrogens is 272 g/mol. The number of sulfonamides is 1. The molecule has 19 heavy (non-hydrogen) atoms. The van der Waals surface area contributed by atoms with Gasteiger partial charge in [-0.15, -0.1) is 0 Å². The Morgan fingerprint density at radius 3 is 2.79 bits per heavy atom. The van der Waals surface area contributed by atoms with Crippen LogP contribution in [0.2, 0.25) is 0 Å². The number of nitrogen functional groups attached to an aromatic ring is 1. The van der Waals surface area contributed by atoms with E-state index in [1.54, 1.807) is 0 Å². The first-order chi connectivity index (χ1) is 8.95. The molecule has 1 rings (SSSR count). The average molecular weight is 288 g/mol. The number of nitrogens with zero attached hydrogens (tertiary/aromatic N) is 1. The van der Waals surface area contributed by atoms with Crippen molar-refractivity contribution in [3.8, 4) is 0 Å². The van der Waals surface area contributed by atoms with E-state index in [2.05, 4.69) is 15.0 Å². The van der Waals surface area contributed by atoms with Gasteiger partial charge in [0.05, 0.1) is 13.2 Å². The first kappa shape index (κ1) is 15.3. The molecule has 9 heteroatoms. The van der Waals surface area contributed by atoms with Crippen LogP contribution < -0.4 is 15.8 Å². The third-order valence-corrected chi connectivity index (χ3v) is 3.51. The molecule has 8 nitrogen and oxygen atoms in total. The van der Waals surface area contributed by atoms with E-state index in [0.717, 1.165) is 6.20 Å². The quantitative estimate of drug-likeness (QED) is 0.536. The Morgan fingerprint density at radius 1 is 1.47 bits per heavy atom. The molecule has 1 amide bonds. The van der Waals surface area contributed by atoms with E-state index in [9.17, 15) is 13.2 Å². The van der Waals surface area contributed by atoms with Crippen molar-refractivity contribution in [2.24, 2.45) is 0 Å². The molecule has 106 valence electrons. The lowest BCUT2D eigenvalue weighted by Gasteiger charge is -2.07. The monoisotopic (exact) mass is 288 g/mol. The highest BCUT2D eigenvalue weighted by Gasteiger charge is 2.15. The van der Waals surface area contributed by atoms with Gasteiger partial charge < -0.3 is 15.8 Å². The highest BCUT2D eigenvalue weighted by atomic mass is 32.2. The number of carbonyl (C=O) groups is 1. The van der Waals surface area contributed by atoms with E-state index in [0.29, 0.717) is 13.2 Å². The van der Waals surface area contributed by atoms with Crippen LogP contribution in [0.4, 0.5) is 5.82 Å². The zero-order valence-electron chi connectivity index (χ0n) is 10.4. The number of hydrogen-bond donors (Lipinski definition) is 3. The van der Waals surface area contributed by atoms with Crippen LogP contribution in [0.5, 0.6) is 0 Å². The molecule has 0 atom stereocenters. The van der Waals surface area contributed by atoms with Gasteiger partial charge in [-0.05, 0) is 12.1 Å². The molecule has 0 bridgehead atoms. The SMILES string of the molecule is COCCNC(=O)CNS(=O)(=O)c1ccc(N)nc1. The van der Waals surface area contributed by atoms with Gasteiger partial charge in [0.2, 0.25) is 15.9 Å². The molecule has 0 saturated carbocycles. The molecule has 0 aliphatic heterocycles. The number of rotatable bonds is 7. The van der Waals surface area contributed by atoms with Gasteiger partial charge in [-0.3, -0.25) is 4.79 Å². The highest BCUT2D eigenvalue weighted by Crippen LogP contribution is 2.07. The minimum Gasteiger partial charge on any atom is -0.384 e. The normalized spacial score (nSPS) is 11.2. The number of ether oxygens (including phenoxy) is 1. The van der Waals surface area contributed by atoms with Gasteiger partial charge in [0, 0.05) is 19.9 Å². The van der Waals surface area contributed by atoms with Crippen LogP contribution in [0.3, 0.4) is 0 Å². The molecule has 4 N–H and O–H groups in total. The molecular formula is C10H16N4O4S. The number of methoxy groups -OCH3 is 1. The average Bonchev–Trinajstić information content (AvgIpc) is 2.37. The Morgan fingerprint density at radius 2 is 2.21 bits per heavy atom. The van der Waals surface area contributed by atoms with Crippen LogP contribution in [0, 0.1) is 0 Å². The van der Waals surface area contributed by atoms with E-state index in [-0.39, 0.29) is 17.3 Å². The Balaban J connectivity index is 2.51. The van der Waals surface area contributed by atoms with Gasteiger partial charge in [0.25, 0.3) is 0 Å². The standard InChI is InChI=1S/C10H16N4O4S/c1-18-5-4-12-10(15)7-14-19(16,17)8-2-3-9(11)13-6-8/h2-3,6,14H,4-5,7H2,1H3,(H2,11,13)(H,12,15). The van der Waals surface area contributed by atoms with Gasteiger partial charge in [0.15, 0.2) is 0 Å². The fourth-order valence-electron chi connectivity index (χ4n) is 1.15. The summed E-state index contributed by atoms with van der Waals surface area (Å²) in [5.74, 6) is -0.222. The van der Waals surface area contributed by atoms with Crippen molar-refractivity contribution in [1.82, 2.24) is 15.0 Å². The first-order valence-corrected chi connectivity index (χ1v) is 6.91. The summed E-state index contributed by atoms with van der Waals surface area (Å²) >= 11 is 0. The summed E-state index contributed by atoms with van der Waals surface area (Å²) in [4.78, 5) is 14.9. The summed E-state index contributed by atoms with van der Waals surface area (Å²) in [5, 5.41) is 2.49. The number of hydrogen-bond acceptors (Lipinski definition) is 6. The van der Waals surface area contributed by atoms with Gasteiger partial charge in [-0.1, -0.05) is 0 Å². The highest BCUT2D eigenvalue weighted by molar-refractivity contribution is 7.89. The van der Waals surface area contributed by atoms with Crippen LogP contribution in [0.15, 0.2) is 23.2 Å². The minimum atomic E-state index is -3.76. The number of nitrogens with one attached hydrogen (secondary N) is 2. The lowest BCUT2D eigenvalue weighted by atomic mass is 10.5. The van der Waals surface area contributed by atoms with Gasteiger partial charge in [0.1, 0.15) is 10.7 Å². The fraction of sp³-hybridized carbons (Fsp3) is 0.400. The van der Waals surface area contributed by atoms with Gasteiger partial charge >= 0.3 is 0 Å². The molecule has 0 spiro atoms. The van der Waals surface area contributed by atoms with Crippen molar-refractivity contribution < 1.29 is 17.9 Å². The van der Waals surface area contributed by atoms with E-state index in [4.69, 9.17) is 10.5 Å². The Kier molecular flexibility index (Phi) is 5.67. The molecule has 1 aromatic heterocycles. The Bertz CT molecular complexity index is 515. The summed E-state index contributed by atoms with van der Waals surface area (Å²) in [6, 6.07) is 2.68. The second-order valence-electron chi connectivity index (χ2n) is 3.59. The third kappa shape index (κ3) is 5.20. The number of amides is 1. The number of pyridine rings is 1. The van der Waals surface area contributed by atoms with E-state index < -0.39 is 15.9 Å². The molecule has 0 unspecified atom stereocenters. The summed E-state index contributed by atoms with van der Waals surface area (Å²) in [5.41, 5.74) is 5.36. The molecule has 0 fully saturated rings. The van der Waals surface area contributed by atoms with Crippen molar-refractivity contribution in [2.45, 2.75) is 4.90 Å². The summed E-state index contributed by atoms with van der Waals surface area (Å²) in [6.45, 7) is 0.331. The second kappa shape index (κ2) is 7.02. The second-order valence-corrected chi connectivity index (χ2v) is 5.35. The molecule has 0 aliphatic carbocycles. The molecule has 1 heterocycles. The maximum Gasteiger partial charge on any atom is 0.242 e. The largest absolute Gasteiger partial charge is 0.384 e. The summed E-state index contributed by atoms with van der Waals surface area (Å²) in [7, 11) is -2.26. The fourth-order valence-corrected chi connectivity index (χ4v) is 2.08. The number of aromatic nitrogens is 1. The topological polar surface area (TPSA) is 123 Å². The van der Waals surface area contributed by atoms with Crippen molar-refractivity contribution in [2.75, 3.05) is 32.5 Å². The van der Waals surface area contributed by atoms with Crippen LogP contribution in [0.25, 0.3) is 0 Å². The smallest absolute Gasteiger partial charge is 0.242 e. The Hall–Kier alpha value is -1.71. The Labute approximate surface area is 111 Å². The van der Waals surface area contributed by atoms with Gasteiger partial charge in [-0.25, -0.2) is 18.1 Å². The third-order valence-electron chi connectivity index (χ3n) is 2.12. The van der Waals surface area contributed by atoms with Crippen LogP contribution in [-0.4, -0.2) is 46.1 Å². The maximum atomic E-state index is 11.8. The predicted molar refractivity (Wildman–Crippen MR) is 68.7 cm³/mol. The zero-order valence-corrected chi connectivity index (χ0v) is 11.2. The van der Waals surface area contributed by atoms with E-state index >= 15 is 0 Å². The summed E-state index contributed by atoms with van der Waals surface area (Å²) in [6.07, 6.45) is 1.13. The number of anilines is 1. The molecule has 0 radical (unpaired) electrons. The molecule has 1 aromatic rings. The van der Waals surface area contributed by atoms with E-state index in [1.165, 1.54) is 19.2 Å². The molecule has 0 saturated heterocycles. The maximum absolute atomic E-state index is 11.8.